The molecule has 0 saturated carbocycles. The van der Waals surface area contributed by atoms with Crippen LogP contribution in [-0.4, -0.2) is 30.1 Å². The maximum absolute atomic E-state index is 12.6. The molecular weight excluding hydrogens is 351 g/mol. The zero-order chi connectivity index (χ0) is 17.9. The number of halogens is 2. The Labute approximate surface area is 149 Å². The molecule has 0 aromatic heterocycles. The van der Waals surface area contributed by atoms with Crippen LogP contribution in [0.15, 0.2) is 42.5 Å². The first-order valence-electron chi connectivity index (χ1n) is 7.10. The number of carboxylic acid groups (broad SMARTS) is 1. The van der Waals surface area contributed by atoms with Crippen molar-refractivity contribution in [3.63, 3.8) is 0 Å². The van der Waals surface area contributed by atoms with Crippen LogP contribution in [0.4, 0.5) is 5.69 Å². The molecule has 2 aromatic rings. The molecular formula is C17H16Cl2N2O3. The first-order chi connectivity index (χ1) is 11.3. The van der Waals surface area contributed by atoms with E-state index in [0.717, 1.165) is 5.56 Å². The maximum Gasteiger partial charge on any atom is 0.320 e. The molecule has 0 aliphatic heterocycles. The van der Waals surface area contributed by atoms with Gasteiger partial charge in [0.05, 0.1) is 15.6 Å². The highest BCUT2D eigenvalue weighted by Crippen LogP contribution is 2.27. The van der Waals surface area contributed by atoms with Crippen molar-refractivity contribution in [2.75, 3.05) is 11.9 Å². The number of carbonyl (C=O) groups is 2. The summed E-state index contributed by atoms with van der Waals surface area (Å²) >= 11 is 12.1. The normalized spacial score (nSPS) is 11.8. The van der Waals surface area contributed by atoms with Crippen LogP contribution < -0.4 is 10.6 Å². The van der Waals surface area contributed by atoms with Gasteiger partial charge in [-0.2, -0.15) is 0 Å². The van der Waals surface area contributed by atoms with Crippen molar-refractivity contribution in [2.45, 2.75) is 12.5 Å². The van der Waals surface area contributed by atoms with Crippen LogP contribution in [-0.2, 0) is 11.2 Å². The summed E-state index contributed by atoms with van der Waals surface area (Å²) in [5.74, 6) is -1.39. The fourth-order valence-electron chi connectivity index (χ4n) is 2.18. The molecule has 3 N–H and O–H groups in total. The van der Waals surface area contributed by atoms with E-state index < -0.39 is 12.0 Å². The van der Waals surface area contributed by atoms with E-state index in [4.69, 9.17) is 34.0 Å². The van der Waals surface area contributed by atoms with Crippen molar-refractivity contribution >= 4 is 40.8 Å². The molecule has 5 nitrogen and oxygen atoms in total. The Hall–Kier alpha value is -2.08. The van der Waals surface area contributed by atoms with Gasteiger partial charge < -0.3 is 15.7 Å². The average Bonchev–Trinajstić information content (AvgIpc) is 2.54. The van der Waals surface area contributed by atoms with E-state index in [2.05, 4.69) is 0 Å². The topological polar surface area (TPSA) is 83.6 Å². The minimum Gasteiger partial charge on any atom is -0.480 e. The highest BCUT2D eigenvalue weighted by molar-refractivity contribution is 6.40. The van der Waals surface area contributed by atoms with Crippen LogP contribution in [0.25, 0.3) is 0 Å². The Morgan fingerprint density at radius 1 is 1.12 bits per heavy atom. The van der Waals surface area contributed by atoms with Crippen molar-refractivity contribution in [3.8, 4) is 0 Å². The minimum atomic E-state index is -1.06. The molecule has 0 unspecified atom stereocenters. The minimum absolute atomic E-state index is 0.212. The lowest BCUT2D eigenvalue weighted by atomic mass is 10.1. The van der Waals surface area contributed by atoms with Crippen LogP contribution in [0, 0.1) is 0 Å². The number of benzene rings is 2. The van der Waals surface area contributed by atoms with Gasteiger partial charge >= 0.3 is 5.97 Å². The first-order valence-corrected chi connectivity index (χ1v) is 7.86. The first kappa shape index (κ1) is 18.3. The van der Waals surface area contributed by atoms with Gasteiger partial charge in [-0.25, -0.2) is 0 Å². The molecule has 2 rings (SSSR count). The number of carboxylic acids is 1. The van der Waals surface area contributed by atoms with Gasteiger partial charge in [-0.3, -0.25) is 9.59 Å². The SMILES string of the molecule is CN(C(=O)c1c(Cl)cccc1Cl)c1ccc(C[C@H](N)C(=O)O)cc1. The van der Waals surface area contributed by atoms with E-state index in [1.54, 1.807) is 49.5 Å². The maximum atomic E-state index is 12.6. The van der Waals surface area contributed by atoms with Crippen molar-refractivity contribution in [1.29, 1.82) is 0 Å². The highest BCUT2D eigenvalue weighted by atomic mass is 35.5. The van der Waals surface area contributed by atoms with Gasteiger partial charge in [-0.1, -0.05) is 41.4 Å². The van der Waals surface area contributed by atoms with Gasteiger partial charge in [0.2, 0.25) is 0 Å². The number of nitrogens with two attached hydrogens (primary N) is 1. The largest absolute Gasteiger partial charge is 0.480 e. The molecule has 0 bridgehead atoms. The van der Waals surface area contributed by atoms with E-state index in [-0.39, 0.29) is 27.9 Å². The molecule has 24 heavy (non-hydrogen) atoms. The summed E-state index contributed by atoms with van der Waals surface area (Å²) in [4.78, 5) is 24.8. The molecule has 1 atom stereocenters. The van der Waals surface area contributed by atoms with Gasteiger partial charge in [0.25, 0.3) is 5.91 Å². The summed E-state index contributed by atoms with van der Waals surface area (Å²) in [5, 5.41) is 9.40. The molecule has 0 fully saturated rings. The highest BCUT2D eigenvalue weighted by Gasteiger charge is 2.20. The second kappa shape index (κ2) is 7.66. The molecule has 0 heterocycles. The third-order valence-electron chi connectivity index (χ3n) is 3.58. The van der Waals surface area contributed by atoms with Crippen molar-refractivity contribution in [1.82, 2.24) is 0 Å². The van der Waals surface area contributed by atoms with Crippen molar-refractivity contribution in [2.24, 2.45) is 5.73 Å². The lowest BCUT2D eigenvalue weighted by molar-refractivity contribution is -0.138. The Kier molecular flexibility index (Phi) is 5.83. The van der Waals surface area contributed by atoms with E-state index in [9.17, 15) is 9.59 Å². The van der Waals surface area contributed by atoms with Crippen LogP contribution in [0.5, 0.6) is 0 Å². The zero-order valence-electron chi connectivity index (χ0n) is 12.9. The van der Waals surface area contributed by atoms with Crippen LogP contribution in [0.3, 0.4) is 0 Å². The average molecular weight is 367 g/mol. The number of hydrogen-bond donors (Lipinski definition) is 2. The Balaban J connectivity index is 2.19. The monoisotopic (exact) mass is 366 g/mol. The van der Waals surface area contributed by atoms with Gasteiger partial charge in [-0.15, -0.1) is 0 Å². The number of nitrogens with zero attached hydrogens (tertiary/aromatic N) is 1. The van der Waals surface area contributed by atoms with Gasteiger partial charge in [0.15, 0.2) is 0 Å². The quantitative estimate of drug-likeness (QED) is 0.850. The number of amides is 1. The second-order valence-electron chi connectivity index (χ2n) is 5.28. The summed E-state index contributed by atoms with van der Waals surface area (Å²) in [6, 6.07) is 10.8. The summed E-state index contributed by atoms with van der Waals surface area (Å²) in [5.41, 5.74) is 7.14. The van der Waals surface area contributed by atoms with Gasteiger partial charge in [0.1, 0.15) is 6.04 Å². The number of anilines is 1. The molecule has 0 aliphatic rings. The number of carbonyl (C=O) groups excluding carboxylic acids is 1. The zero-order valence-corrected chi connectivity index (χ0v) is 14.4. The van der Waals surface area contributed by atoms with Gasteiger partial charge in [-0.05, 0) is 36.2 Å². The molecule has 0 radical (unpaired) electrons. The lowest BCUT2D eigenvalue weighted by Crippen LogP contribution is -2.32. The molecule has 0 saturated heterocycles. The van der Waals surface area contributed by atoms with Crippen LogP contribution in [0.2, 0.25) is 10.0 Å². The molecule has 7 heteroatoms. The van der Waals surface area contributed by atoms with Crippen LogP contribution in [0.1, 0.15) is 15.9 Å². The summed E-state index contributed by atoms with van der Waals surface area (Å²) in [7, 11) is 1.61. The number of hydrogen-bond acceptors (Lipinski definition) is 3. The van der Waals surface area contributed by atoms with Crippen molar-refractivity contribution in [3.05, 3.63) is 63.6 Å². The molecule has 126 valence electrons. The second-order valence-corrected chi connectivity index (χ2v) is 6.09. The Morgan fingerprint density at radius 3 is 2.17 bits per heavy atom. The smallest absolute Gasteiger partial charge is 0.320 e. The Bertz CT molecular complexity index is 743. The summed E-state index contributed by atoms with van der Waals surface area (Å²) < 4.78 is 0. The predicted octanol–water partition coefficient (Wildman–Crippen LogP) is 3.22. The molecule has 0 spiro atoms. The summed E-state index contributed by atoms with van der Waals surface area (Å²) in [6.07, 6.45) is 0.212. The molecule has 0 aliphatic carbocycles. The lowest BCUT2D eigenvalue weighted by Gasteiger charge is -2.19. The number of aliphatic carboxylic acids is 1. The molecule has 1 amide bonds. The Morgan fingerprint density at radius 2 is 1.67 bits per heavy atom. The van der Waals surface area contributed by atoms with Crippen LogP contribution >= 0.6 is 23.2 Å². The fraction of sp³-hybridized carbons (Fsp3) is 0.176. The third kappa shape index (κ3) is 4.06. The van der Waals surface area contributed by atoms with E-state index in [1.807, 2.05) is 0 Å². The molecule has 2 aromatic carbocycles. The van der Waals surface area contributed by atoms with Gasteiger partial charge in [0, 0.05) is 12.7 Å². The number of rotatable bonds is 5. The fourth-order valence-corrected chi connectivity index (χ4v) is 2.74. The van der Waals surface area contributed by atoms with E-state index >= 15 is 0 Å². The van der Waals surface area contributed by atoms with E-state index in [0.29, 0.717) is 5.69 Å². The summed E-state index contributed by atoms with van der Waals surface area (Å²) in [6.45, 7) is 0. The standard InChI is InChI=1S/C17H16Cl2N2O3/c1-21(16(22)15-12(18)3-2-4-13(15)19)11-7-5-10(6-8-11)9-14(20)17(23)24/h2-8,14H,9,20H2,1H3,(H,23,24)/t14-/m0/s1. The third-order valence-corrected chi connectivity index (χ3v) is 4.21. The van der Waals surface area contributed by atoms with Crippen molar-refractivity contribution < 1.29 is 14.7 Å². The van der Waals surface area contributed by atoms with E-state index in [1.165, 1.54) is 4.90 Å². The predicted molar refractivity (Wildman–Crippen MR) is 95.0 cm³/mol.